The van der Waals surface area contributed by atoms with E-state index in [0.29, 0.717) is 5.02 Å². The van der Waals surface area contributed by atoms with Crippen LogP contribution in [0.3, 0.4) is 0 Å². The van der Waals surface area contributed by atoms with Gasteiger partial charge < -0.3 is 5.11 Å². The Kier molecular flexibility index (Phi) is 2.18. The number of hydrogen-bond acceptors (Lipinski definition) is 2. The normalized spacial score (nSPS) is 10.8. The van der Waals surface area contributed by atoms with Crippen molar-refractivity contribution >= 4 is 55.6 Å². The minimum Gasteiger partial charge on any atom is -0.507 e. The maximum Gasteiger partial charge on any atom is 0.131 e. The number of benzene rings is 1. The molecule has 62 valence electrons. The molecular weight excluding hydrogens is 307 g/mol. The Bertz CT molecular complexity index is 438. The van der Waals surface area contributed by atoms with Gasteiger partial charge in [0.15, 0.2) is 0 Å². The summed E-state index contributed by atoms with van der Waals surface area (Å²) in [6.07, 6.45) is 0. The Labute approximate surface area is 92.1 Å². The van der Waals surface area contributed by atoms with Crippen molar-refractivity contribution in [2.45, 2.75) is 0 Å². The summed E-state index contributed by atoms with van der Waals surface area (Å²) < 4.78 is 1.93. The maximum absolute atomic E-state index is 9.43. The van der Waals surface area contributed by atoms with Gasteiger partial charge in [-0.3, -0.25) is 0 Å². The number of halogens is 2. The molecule has 0 saturated heterocycles. The van der Waals surface area contributed by atoms with E-state index in [0.717, 1.165) is 13.7 Å². The molecule has 1 aromatic heterocycles. The van der Waals surface area contributed by atoms with Crippen LogP contribution in [0.1, 0.15) is 0 Å². The summed E-state index contributed by atoms with van der Waals surface area (Å²) in [5.41, 5.74) is 0. The zero-order valence-electron chi connectivity index (χ0n) is 5.84. The fraction of sp³-hybridized carbons (Fsp3) is 0. The maximum atomic E-state index is 9.43. The van der Waals surface area contributed by atoms with Crippen LogP contribution in [-0.2, 0) is 0 Å². The van der Waals surface area contributed by atoms with Crippen LogP contribution >= 0.6 is 45.5 Å². The first-order chi connectivity index (χ1) is 5.70. The summed E-state index contributed by atoms with van der Waals surface area (Å²) in [6.45, 7) is 0. The first-order valence-corrected chi connectivity index (χ1v) is 5.58. The highest BCUT2D eigenvalue weighted by Crippen LogP contribution is 2.37. The standard InChI is InChI=1S/C8H4ClIOS/c9-5-3-6(11)7(10)8-4(5)1-2-12-8/h1-3,11H. The second kappa shape index (κ2) is 3.05. The van der Waals surface area contributed by atoms with Gasteiger partial charge in [-0.15, -0.1) is 11.3 Å². The fourth-order valence-electron chi connectivity index (χ4n) is 1.04. The lowest BCUT2D eigenvalue weighted by molar-refractivity contribution is 0.473. The molecule has 0 aliphatic rings. The van der Waals surface area contributed by atoms with Crippen molar-refractivity contribution in [3.05, 3.63) is 26.1 Å². The highest BCUT2D eigenvalue weighted by molar-refractivity contribution is 14.1. The first kappa shape index (κ1) is 8.59. The van der Waals surface area contributed by atoms with E-state index in [1.165, 1.54) is 0 Å². The van der Waals surface area contributed by atoms with Crippen LogP contribution in [0.4, 0.5) is 0 Å². The number of phenolic OH excluding ortho intramolecular Hbond substituents is 1. The van der Waals surface area contributed by atoms with Gasteiger partial charge >= 0.3 is 0 Å². The average Bonchev–Trinajstić information content (AvgIpc) is 2.48. The van der Waals surface area contributed by atoms with Crippen molar-refractivity contribution in [2.75, 3.05) is 0 Å². The lowest BCUT2D eigenvalue weighted by Gasteiger charge is -1.99. The summed E-state index contributed by atoms with van der Waals surface area (Å²) in [4.78, 5) is 0. The van der Waals surface area contributed by atoms with Gasteiger partial charge in [0, 0.05) is 11.5 Å². The van der Waals surface area contributed by atoms with Gasteiger partial charge in [-0.2, -0.15) is 0 Å². The van der Waals surface area contributed by atoms with E-state index >= 15 is 0 Å². The molecular formula is C8H4ClIOS. The predicted octanol–water partition coefficient (Wildman–Crippen LogP) is 3.86. The first-order valence-electron chi connectivity index (χ1n) is 3.24. The van der Waals surface area contributed by atoms with Crippen molar-refractivity contribution in [1.29, 1.82) is 0 Å². The fourth-order valence-corrected chi connectivity index (χ4v) is 3.04. The Hall–Kier alpha value is -0.000000000000000111. The molecule has 1 nitrogen and oxygen atoms in total. The minimum atomic E-state index is 0.260. The van der Waals surface area contributed by atoms with Gasteiger partial charge in [-0.05, 0) is 34.0 Å². The SMILES string of the molecule is Oc1cc(Cl)c2ccsc2c1I. The predicted molar refractivity (Wildman–Crippen MR) is 61.2 cm³/mol. The third kappa shape index (κ3) is 1.20. The quantitative estimate of drug-likeness (QED) is 0.733. The second-order valence-corrected chi connectivity index (χ2v) is 4.76. The number of hydrogen-bond donors (Lipinski definition) is 1. The van der Waals surface area contributed by atoms with Crippen molar-refractivity contribution in [1.82, 2.24) is 0 Å². The number of aromatic hydroxyl groups is 1. The molecule has 1 N–H and O–H groups in total. The molecule has 1 aromatic carbocycles. The Morgan fingerprint density at radius 2 is 2.25 bits per heavy atom. The van der Waals surface area contributed by atoms with E-state index in [2.05, 4.69) is 22.6 Å². The molecule has 0 bridgehead atoms. The van der Waals surface area contributed by atoms with E-state index in [9.17, 15) is 5.11 Å². The van der Waals surface area contributed by atoms with Gasteiger partial charge in [-0.25, -0.2) is 0 Å². The van der Waals surface area contributed by atoms with Crippen molar-refractivity contribution < 1.29 is 5.11 Å². The van der Waals surface area contributed by atoms with E-state index in [4.69, 9.17) is 11.6 Å². The second-order valence-electron chi connectivity index (χ2n) is 2.35. The molecule has 0 fully saturated rings. The molecule has 0 atom stereocenters. The van der Waals surface area contributed by atoms with Crippen LogP contribution in [0.5, 0.6) is 5.75 Å². The van der Waals surface area contributed by atoms with Crippen LogP contribution in [0.25, 0.3) is 10.1 Å². The smallest absolute Gasteiger partial charge is 0.131 e. The molecule has 0 unspecified atom stereocenters. The van der Waals surface area contributed by atoms with Crippen LogP contribution < -0.4 is 0 Å². The van der Waals surface area contributed by atoms with Gasteiger partial charge in [0.1, 0.15) is 5.75 Å². The summed E-state index contributed by atoms with van der Waals surface area (Å²) in [6, 6.07) is 3.54. The lowest BCUT2D eigenvalue weighted by Crippen LogP contribution is -1.74. The number of rotatable bonds is 0. The third-order valence-corrected chi connectivity index (χ3v) is 4.31. The number of phenols is 1. The van der Waals surface area contributed by atoms with Gasteiger partial charge in [0.25, 0.3) is 0 Å². The van der Waals surface area contributed by atoms with Crippen molar-refractivity contribution in [2.24, 2.45) is 0 Å². The Morgan fingerprint density at radius 3 is 3.00 bits per heavy atom. The van der Waals surface area contributed by atoms with E-state index < -0.39 is 0 Å². The summed E-state index contributed by atoms with van der Waals surface area (Å²) in [7, 11) is 0. The molecule has 12 heavy (non-hydrogen) atoms. The van der Waals surface area contributed by atoms with Crippen LogP contribution in [0.15, 0.2) is 17.5 Å². The summed E-state index contributed by atoms with van der Waals surface area (Å²) in [5, 5.41) is 13.0. The molecule has 2 rings (SSSR count). The summed E-state index contributed by atoms with van der Waals surface area (Å²) >= 11 is 9.63. The molecule has 0 radical (unpaired) electrons. The Balaban J connectivity index is 2.97. The molecule has 0 amide bonds. The van der Waals surface area contributed by atoms with Gasteiger partial charge in [-0.1, -0.05) is 11.6 Å². The highest BCUT2D eigenvalue weighted by atomic mass is 127. The molecule has 0 spiro atoms. The van der Waals surface area contributed by atoms with Crippen molar-refractivity contribution in [3.8, 4) is 5.75 Å². The Morgan fingerprint density at radius 1 is 1.50 bits per heavy atom. The monoisotopic (exact) mass is 310 g/mol. The molecule has 0 aliphatic carbocycles. The zero-order valence-corrected chi connectivity index (χ0v) is 9.57. The number of fused-ring (bicyclic) bond motifs is 1. The largest absolute Gasteiger partial charge is 0.507 e. The zero-order chi connectivity index (χ0) is 8.72. The van der Waals surface area contributed by atoms with E-state index in [1.54, 1.807) is 17.4 Å². The van der Waals surface area contributed by atoms with Crippen molar-refractivity contribution in [3.63, 3.8) is 0 Å². The van der Waals surface area contributed by atoms with E-state index in [-0.39, 0.29) is 5.75 Å². The van der Waals surface area contributed by atoms with Crippen LogP contribution in [0, 0.1) is 3.57 Å². The lowest BCUT2D eigenvalue weighted by atomic mass is 10.2. The van der Waals surface area contributed by atoms with Gasteiger partial charge in [0.2, 0.25) is 0 Å². The summed E-state index contributed by atoms with van der Waals surface area (Å²) in [5.74, 6) is 0.260. The molecule has 0 saturated carbocycles. The minimum absolute atomic E-state index is 0.260. The number of thiophene rings is 1. The van der Waals surface area contributed by atoms with E-state index in [1.807, 2.05) is 11.4 Å². The topological polar surface area (TPSA) is 20.2 Å². The molecule has 1 heterocycles. The van der Waals surface area contributed by atoms with Gasteiger partial charge in [0.05, 0.1) is 13.3 Å². The van der Waals surface area contributed by atoms with Crippen LogP contribution in [-0.4, -0.2) is 5.11 Å². The average molecular weight is 311 g/mol. The van der Waals surface area contributed by atoms with Crippen LogP contribution in [0.2, 0.25) is 5.02 Å². The molecule has 4 heteroatoms. The molecule has 2 aromatic rings. The third-order valence-electron chi connectivity index (χ3n) is 1.61. The highest BCUT2D eigenvalue weighted by Gasteiger charge is 2.08. The molecule has 0 aliphatic heterocycles.